The Morgan fingerprint density at radius 3 is 2.75 bits per heavy atom. The number of aryl methyl sites for hydroxylation is 2. The van der Waals surface area contributed by atoms with Gasteiger partial charge >= 0.3 is 0 Å². The minimum absolute atomic E-state index is 0.0934. The Kier molecular flexibility index (Phi) is 5.09. The number of rotatable bonds is 4. The van der Waals surface area contributed by atoms with Crippen molar-refractivity contribution in [2.24, 2.45) is 0 Å². The molecule has 1 aliphatic heterocycles. The zero-order valence-electron chi connectivity index (χ0n) is 15.5. The van der Waals surface area contributed by atoms with Crippen LogP contribution in [0.4, 0.5) is 4.39 Å². The number of carbonyl (C=O) groups excluding carboxylic acids is 1. The van der Waals surface area contributed by atoms with Gasteiger partial charge in [-0.15, -0.1) is 11.3 Å². The van der Waals surface area contributed by atoms with Crippen LogP contribution in [0.3, 0.4) is 0 Å². The molecule has 0 saturated heterocycles. The van der Waals surface area contributed by atoms with E-state index >= 15 is 0 Å². The molecular weight excluding hydrogens is 377 g/mol. The van der Waals surface area contributed by atoms with Crippen LogP contribution >= 0.6 is 11.3 Å². The van der Waals surface area contributed by atoms with Crippen LogP contribution in [0.25, 0.3) is 5.69 Å². The van der Waals surface area contributed by atoms with Gasteiger partial charge in [-0.1, -0.05) is 0 Å². The fraction of sp³-hybridized carbons (Fsp3) is 0.286. The van der Waals surface area contributed by atoms with Gasteiger partial charge in [-0.3, -0.25) is 14.2 Å². The van der Waals surface area contributed by atoms with Crippen molar-refractivity contribution < 1.29 is 9.18 Å². The van der Waals surface area contributed by atoms with Crippen molar-refractivity contribution in [3.8, 4) is 5.69 Å². The number of aromatic nitrogens is 2. The number of halogens is 1. The third-order valence-corrected chi connectivity index (χ3v) is 5.79. The topological polar surface area (TPSA) is 55.2 Å². The van der Waals surface area contributed by atoms with Crippen molar-refractivity contribution in [1.29, 1.82) is 0 Å². The van der Waals surface area contributed by atoms with E-state index in [2.05, 4.69) is 4.98 Å². The monoisotopic (exact) mass is 397 g/mol. The molecule has 2 aromatic heterocycles. The number of nitrogens with zero attached hydrogens (tertiary/aromatic N) is 3. The fourth-order valence-electron chi connectivity index (χ4n) is 3.46. The molecule has 0 unspecified atom stereocenters. The maximum Gasteiger partial charge on any atom is 0.255 e. The summed E-state index contributed by atoms with van der Waals surface area (Å²) in [6.45, 7) is 3.05. The lowest BCUT2D eigenvalue weighted by Crippen LogP contribution is -2.37. The summed E-state index contributed by atoms with van der Waals surface area (Å²) in [4.78, 5) is 31.3. The highest BCUT2D eigenvalue weighted by Crippen LogP contribution is 2.20. The lowest BCUT2D eigenvalue weighted by molar-refractivity contribution is -0.132. The van der Waals surface area contributed by atoms with Crippen LogP contribution in [0, 0.1) is 12.7 Å². The number of carbonyl (C=O) groups is 1. The molecule has 1 aliphatic rings. The first-order valence-corrected chi connectivity index (χ1v) is 10.1. The molecule has 0 atom stereocenters. The van der Waals surface area contributed by atoms with Crippen molar-refractivity contribution >= 4 is 17.2 Å². The van der Waals surface area contributed by atoms with E-state index in [4.69, 9.17) is 0 Å². The number of benzene rings is 1. The van der Waals surface area contributed by atoms with Gasteiger partial charge in [0, 0.05) is 42.8 Å². The molecule has 0 bridgehead atoms. The number of pyridine rings is 1. The van der Waals surface area contributed by atoms with Gasteiger partial charge in [-0.2, -0.15) is 0 Å². The summed E-state index contributed by atoms with van der Waals surface area (Å²) in [5.74, 6) is -0.252. The normalized spacial score (nSPS) is 13.4. The van der Waals surface area contributed by atoms with Gasteiger partial charge in [-0.05, 0) is 55.2 Å². The van der Waals surface area contributed by atoms with E-state index in [1.165, 1.54) is 16.7 Å². The first-order chi connectivity index (χ1) is 13.5. The predicted octanol–water partition coefficient (Wildman–Crippen LogP) is 3.26. The van der Waals surface area contributed by atoms with Crippen LogP contribution in [-0.4, -0.2) is 26.9 Å². The minimum Gasteiger partial charge on any atom is -0.338 e. The third kappa shape index (κ3) is 3.89. The summed E-state index contributed by atoms with van der Waals surface area (Å²) in [7, 11) is 0. The number of amides is 1. The number of fused-ring (bicyclic) bond motifs is 1. The summed E-state index contributed by atoms with van der Waals surface area (Å²) in [5.41, 5.74) is 3.34. The van der Waals surface area contributed by atoms with Gasteiger partial charge in [0.05, 0.1) is 10.7 Å². The van der Waals surface area contributed by atoms with E-state index < -0.39 is 0 Å². The van der Waals surface area contributed by atoms with Gasteiger partial charge < -0.3 is 4.90 Å². The van der Waals surface area contributed by atoms with Crippen molar-refractivity contribution in [1.82, 2.24) is 14.5 Å². The van der Waals surface area contributed by atoms with Crippen molar-refractivity contribution in [3.63, 3.8) is 0 Å². The summed E-state index contributed by atoms with van der Waals surface area (Å²) < 4.78 is 14.7. The van der Waals surface area contributed by atoms with Crippen LogP contribution in [0.5, 0.6) is 0 Å². The molecule has 144 valence electrons. The lowest BCUT2D eigenvalue weighted by atomic mass is 10.0. The van der Waals surface area contributed by atoms with Crippen LogP contribution in [0.1, 0.15) is 28.2 Å². The van der Waals surface area contributed by atoms with Gasteiger partial charge in [0.25, 0.3) is 5.56 Å². The Morgan fingerprint density at radius 2 is 2.04 bits per heavy atom. The van der Waals surface area contributed by atoms with E-state index in [0.717, 1.165) is 21.8 Å². The van der Waals surface area contributed by atoms with Crippen molar-refractivity contribution in [3.05, 3.63) is 79.9 Å². The highest BCUT2D eigenvalue weighted by Gasteiger charge is 2.22. The molecule has 5 nitrogen and oxygen atoms in total. The zero-order valence-corrected chi connectivity index (χ0v) is 16.3. The summed E-state index contributed by atoms with van der Waals surface area (Å²) in [6.07, 6.45) is 3.50. The Bertz CT molecular complexity index is 1070. The minimum atomic E-state index is -0.346. The Balaban J connectivity index is 1.50. The number of thiazole rings is 1. The molecule has 3 aromatic rings. The molecule has 0 radical (unpaired) electrons. The molecule has 3 heterocycles. The van der Waals surface area contributed by atoms with E-state index in [-0.39, 0.29) is 17.3 Å². The van der Waals surface area contributed by atoms with E-state index in [9.17, 15) is 14.0 Å². The summed E-state index contributed by atoms with van der Waals surface area (Å²) >= 11 is 1.59. The molecule has 0 aliphatic carbocycles. The van der Waals surface area contributed by atoms with E-state index in [1.54, 1.807) is 35.7 Å². The lowest BCUT2D eigenvalue weighted by Gasteiger charge is -2.29. The maximum absolute atomic E-state index is 13.2. The largest absolute Gasteiger partial charge is 0.338 e. The Morgan fingerprint density at radius 1 is 1.25 bits per heavy atom. The average molecular weight is 397 g/mol. The van der Waals surface area contributed by atoms with Crippen LogP contribution in [0.15, 0.2) is 46.7 Å². The number of hydrogen-bond acceptors (Lipinski definition) is 4. The molecule has 1 aromatic carbocycles. The summed E-state index contributed by atoms with van der Waals surface area (Å²) in [6, 6.07) is 7.43. The highest BCUT2D eigenvalue weighted by molar-refractivity contribution is 7.09. The second-order valence-electron chi connectivity index (χ2n) is 6.93. The first-order valence-electron chi connectivity index (χ1n) is 9.19. The smallest absolute Gasteiger partial charge is 0.255 e. The molecule has 7 heteroatoms. The molecule has 4 rings (SSSR count). The number of hydrogen-bond donors (Lipinski definition) is 0. The van der Waals surface area contributed by atoms with Crippen LogP contribution in [0.2, 0.25) is 0 Å². The van der Waals surface area contributed by atoms with Gasteiger partial charge in [0.15, 0.2) is 0 Å². The molecule has 0 spiro atoms. The van der Waals surface area contributed by atoms with E-state index in [1.807, 2.05) is 17.2 Å². The quantitative estimate of drug-likeness (QED) is 0.679. The molecule has 28 heavy (non-hydrogen) atoms. The van der Waals surface area contributed by atoms with Crippen LogP contribution in [-0.2, 0) is 24.2 Å². The second kappa shape index (κ2) is 7.67. The average Bonchev–Trinajstić information content (AvgIpc) is 3.11. The molecule has 0 fully saturated rings. The first kappa shape index (κ1) is 18.6. The van der Waals surface area contributed by atoms with Crippen LogP contribution < -0.4 is 5.56 Å². The highest BCUT2D eigenvalue weighted by atomic mass is 32.1. The predicted molar refractivity (Wildman–Crippen MR) is 106 cm³/mol. The maximum atomic E-state index is 13.2. The standard InChI is InChI=1S/C21H20FN3O2S/c1-14-23-18(13-28-14)4-7-20(26)24-9-8-15-10-21(27)25(12-16(15)11-24)19-5-2-17(22)3-6-19/h2-3,5-6,10,12-13H,4,7-9,11H2,1H3. The zero-order chi connectivity index (χ0) is 19.7. The SMILES string of the molecule is Cc1nc(CCC(=O)N2CCc3cc(=O)n(-c4ccc(F)cc4)cc3C2)cs1. The van der Waals surface area contributed by atoms with Crippen molar-refractivity contribution in [2.75, 3.05) is 6.54 Å². The van der Waals surface area contributed by atoms with Gasteiger partial charge in [0.2, 0.25) is 5.91 Å². The fourth-order valence-corrected chi connectivity index (χ4v) is 4.11. The Labute approximate surface area is 166 Å². The molecular formula is C21H20FN3O2S. The Hall–Kier alpha value is -2.80. The van der Waals surface area contributed by atoms with Crippen molar-refractivity contribution in [2.45, 2.75) is 32.7 Å². The van der Waals surface area contributed by atoms with E-state index in [0.29, 0.717) is 38.0 Å². The summed E-state index contributed by atoms with van der Waals surface area (Å²) in [5, 5.41) is 3.00. The second-order valence-corrected chi connectivity index (χ2v) is 7.99. The van der Waals surface area contributed by atoms with Gasteiger partial charge in [-0.25, -0.2) is 9.37 Å². The van der Waals surface area contributed by atoms with Gasteiger partial charge in [0.1, 0.15) is 5.82 Å². The third-order valence-electron chi connectivity index (χ3n) is 4.96. The molecule has 0 saturated carbocycles. The molecule has 0 N–H and O–H groups in total. The molecule has 1 amide bonds.